The van der Waals surface area contributed by atoms with E-state index in [1.165, 1.54) is 0 Å². The molecule has 0 aromatic carbocycles. The van der Waals surface area contributed by atoms with Crippen LogP contribution in [0.5, 0.6) is 0 Å². The molecule has 0 bridgehead atoms. The lowest BCUT2D eigenvalue weighted by Crippen LogP contribution is -2.27. The summed E-state index contributed by atoms with van der Waals surface area (Å²) in [6.07, 6.45) is 0. The van der Waals surface area contributed by atoms with E-state index in [2.05, 4.69) is 17.0 Å². The van der Waals surface area contributed by atoms with Crippen molar-refractivity contribution in [3.05, 3.63) is 11.4 Å². The highest BCUT2D eigenvalue weighted by Gasteiger charge is 2.26. The Balaban J connectivity index is 2.85. The number of nitrogens with zero attached hydrogens (tertiary/aromatic N) is 2. The van der Waals surface area contributed by atoms with Crippen LogP contribution in [-0.2, 0) is 4.79 Å². The zero-order valence-electron chi connectivity index (χ0n) is 7.87. The summed E-state index contributed by atoms with van der Waals surface area (Å²) in [5, 5.41) is 3.11. The molecule has 0 aromatic rings. The van der Waals surface area contributed by atoms with Gasteiger partial charge in [0.15, 0.2) is 0 Å². The van der Waals surface area contributed by atoms with Crippen molar-refractivity contribution in [1.82, 2.24) is 10.1 Å². The number of amides is 1. The molecule has 1 amide bonds. The van der Waals surface area contributed by atoms with Crippen molar-refractivity contribution in [3.63, 3.8) is 0 Å². The number of rotatable bonds is 3. The molecule has 0 unspecified atom stereocenters. The Labute approximate surface area is 79.1 Å². The normalized spacial score (nSPS) is 17.2. The summed E-state index contributed by atoms with van der Waals surface area (Å²) >= 11 is 0. The molecule has 0 aliphatic carbocycles. The standard InChI is InChI=1S/C8H12BN3O/c1-5(2)11-6-4-12(9)8(13)7(6)10-3/h5,11H,3-4H2,1-2H3. The quantitative estimate of drug-likeness (QED) is 0.480. The van der Waals surface area contributed by atoms with Crippen molar-refractivity contribution < 1.29 is 4.79 Å². The third-order valence-corrected chi connectivity index (χ3v) is 1.70. The summed E-state index contributed by atoms with van der Waals surface area (Å²) in [5.74, 6) is -0.279. The molecule has 1 aliphatic heterocycles. The van der Waals surface area contributed by atoms with Crippen LogP contribution in [0, 0.1) is 0 Å². The van der Waals surface area contributed by atoms with Gasteiger partial charge >= 0.3 is 0 Å². The highest BCUT2D eigenvalue weighted by molar-refractivity contribution is 6.19. The third kappa shape index (κ3) is 1.91. The predicted molar refractivity (Wildman–Crippen MR) is 52.3 cm³/mol. The maximum absolute atomic E-state index is 11.3. The maximum atomic E-state index is 11.3. The summed E-state index contributed by atoms with van der Waals surface area (Å²) in [7, 11) is 5.42. The van der Waals surface area contributed by atoms with Crippen LogP contribution < -0.4 is 5.32 Å². The van der Waals surface area contributed by atoms with Crippen LogP contribution in [0.3, 0.4) is 0 Å². The second-order valence-corrected chi connectivity index (χ2v) is 3.22. The van der Waals surface area contributed by atoms with Crippen LogP contribution in [0.15, 0.2) is 16.4 Å². The lowest BCUT2D eigenvalue weighted by atomic mass is 10.3. The third-order valence-electron chi connectivity index (χ3n) is 1.70. The van der Waals surface area contributed by atoms with Gasteiger partial charge in [-0.1, -0.05) is 0 Å². The Morgan fingerprint density at radius 1 is 1.69 bits per heavy atom. The maximum Gasteiger partial charge on any atom is 0.261 e. The molecule has 0 aromatic heterocycles. The van der Waals surface area contributed by atoms with E-state index < -0.39 is 0 Å². The number of hydrogen-bond donors (Lipinski definition) is 1. The zero-order valence-corrected chi connectivity index (χ0v) is 7.87. The summed E-state index contributed by atoms with van der Waals surface area (Å²) in [4.78, 5) is 16.1. The van der Waals surface area contributed by atoms with E-state index in [1.54, 1.807) is 0 Å². The summed E-state index contributed by atoms with van der Waals surface area (Å²) in [5.41, 5.74) is 1.08. The minimum absolute atomic E-state index is 0.256. The number of carbonyl (C=O) groups is 1. The van der Waals surface area contributed by atoms with Crippen LogP contribution in [0.4, 0.5) is 0 Å². The monoisotopic (exact) mass is 177 g/mol. The smallest absolute Gasteiger partial charge is 0.261 e. The average Bonchev–Trinajstić information content (AvgIpc) is 2.27. The molecule has 2 radical (unpaired) electrons. The molecule has 0 spiro atoms. The van der Waals surface area contributed by atoms with Crippen molar-refractivity contribution in [2.45, 2.75) is 19.9 Å². The molecule has 0 saturated heterocycles. The number of hydrogen-bond acceptors (Lipinski definition) is 3. The molecule has 5 heteroatoms. The van der Waals surface area contributed by atoms with E-state index in [0.29, 0.717) is 12.2 Å². The number of carbonyl (C=O) groups excluding carboxylic acids is 1. The van der Waals surface area contributed by atoms with Crippen LogP contribution in [-0.4, -0.2) is 38.0 Å². The van der Waals surface area contributed by atoms with Gasteiger partial charge in [0, 0.05) is 12.6 Å². The van der Waals surface area contributed by atoms with Gasteiger partial charge in [-0.25, -0.2) is 0 Å². The first-order valence-corrected chi connectivity index (χ1v) is 4.09. The van der Waals surface area contributed by atoms with Gasteiger partial charge in [-0.3, -0.25) is 9.79 Å². The Bertz CT molecular complexity index is 273. The van der Waals surface area contributed by atoms with Gasteiger partial charge in [0.25, 0.3) is 5.91 Å². The van der Waals surface area contributed by atoms with Gasteiger partial charge in [-0.2, -0.15) is 0 Å². The van der Waals surface area contributed by atoms with Crippen molar-refractivity contribution in [2.24, 2.45) is 4.99 Å². The molecule has 0 fully saturated rings. The zero-order chi connectivity index (χ0) is 10.0. The van der Waals surface area contributed by atoms with Crippen LogP contribution >= 0.6 is 0 Å². The summed E-state index contributed by atoms with van der Waals surface area (Å²) in [6.45, 7) is 7.68. The van der Waals surface area contributed by atoms with E-state index in [9.17, 15) is 4.79 Å². The first-order chi connectivity index (χ1) is 6.06. The lowest BCUT2D eigenvalue weighted by Gasteiger charge is -2.12. The van der Waals surface area contributed by atoms with Gasteiger partial charge in [0.2, 0.25) is 7.98 Å². The van der Waals surface area contributed by atoms with Gasteiger partial charge in [-0.05, 0) is 20.6 Å². The molecule has 4 nitrogen and oxygen atoms in total. The number of nitrogens with one attached hydrogen (secondary N) is 1. The van der Waals surface area contributed by atoms with E-state index in [0.717, 1.165) is 10.5 Å². The fourth-order valence-corrected chi connectivity index (χ4v) is 1.21. The minimum Gasteiger partial charge on any atom is -0.386 e. The van der Waals surface area contributed by atoms with E-state index >= 15 is 0 Å². The van der Waals surface area contributed by atoms with Gasteiger partial charge in [-0.15, -0.1) is 0 Å². The van der Waals surface area contributed by atoms with E-state index in [4.69, 9.17) is 7.98 Å². The Hall–Kier alpha value is -1.26. The Kier molecular flexibility index (Phi) is 2.75. The van der Waals surface area contributed by atoms with Crippen molar-refractivity contribution in [2.75, 3.05) is 6.54 Å². The molecule has 1 rings (SSSR count). The molecular weight excluding hydrogens is 165 g/mol. The molecule has 0 saturated carbocycles. The first kappa shape index (κ1) is 9.83. The molecule has 1 N–H and O–H groups in total. The van der Waals surface area contributed by atoms with Gasteiger partial charge in [0.1, 0.15) is 5.70 Å². The minimum atomic E-state index is -0.279. The molecule has 1 aliphatic rings. The Morgan fingerprint density at radius 2 is 2.31 bits per heavy atom. The van der Waals surface area contributed by atoms with Crippen molar-refractivity contribution >= 4 is 20.6 Å². The van der Waals surface area contributed by atoms with E-state index in [1.807, 2.05) is 13.8 Å². The summed E-state index contributed by atoms with van der Waals surface area (Å²) < 4.78 is 0. The fraction of sp³-hybridized carbons (Fsp3) is 0.500. The van der Waals surface area contributed by atoms with Crippen molar-refractivity contribution in [1.29, 1.82) is 0 Å². The van der Waals surface area contributed by atoms with Crippen molar-refractivity contribution in [3.8, 4) is 0 Å². The molecule has 0 atom stereocenters. The fourth-order valence-electron chi connectivity index (χ4n) is 1.21. The molecule has 1 heterocycles. The topological polar surface area (TPSA) is 44.7 Å². The highest BCUT2D eigenvalue weighted by Crippen LogP contribution is 2.15. The predicted octanol–water partition coefficient (Wildman–Crippen LogP) is -0.178. The lowest BCUT2D eigenvalue weighted by molar-refractivity contribution is -0.121. The second-order valence-electron chi connectivity index (χ2n) is 3.22. The average molecular weight is 177 g/mol. The second kappa shape index (κ2) is 3.64. The highest BCUT2D eigenvalue weighted by atomic mass is 16.2. The molecule has 13 heavy (non-hydrogen) atoms. The largest absolute Gasteiger partial charge is 0.386 e. The van der Waals surface area contributed by atoms with Crippen LogP contribution in [0.2, 0.25) is 0 Å². The molecule has 68 valence electrons. The van der Waals surface area contributed by atoms with Gasteiger partial charge in [0.05, 0.1) is 5.70 Å². The van der Waals surface area contributed by atoms with Crippen LogP contribution in [0.1, 0.15) is 13.8 Å². The van der Waals surface area contributed by atoms with E-state index in [-0.39, 0.29) is 11.9 Å². The first-order valence-electron chi connectivity index (χ1n) is 4.09. The summed E-state index contributed by atoms with van der Waals surface area (Å²) in [6, 6.07) is 0.256. The molecular formula is C8H12BN3O. The van der Waals surface area contributed by atoms with Crippen LogP contribution in [0.25, 0.3) is 0 Å². The SMILES string of the molecule is [B]N1CC(NC(C)C)=C(N=C)C1=O. The van der Waals surface area contributed by atoms with Gasteiger partial charge < -0.3 is 10.1 Å². The Morgan fingerprint density at radius 3 is 2.77 bits per heavy atom. The number of aliphatic imine (C=N–C) groups is 1.